The van der Waals surface area contributed by atoms with Crippen LogP contribution in [0.5, 0.6) is 0 Å². The number of thioether (sulfide) groups is 1. The third-order valence-electron chi connectivity index (χ3n) is 5.66. The standard InChI is InChI=1S/C18H17ClN4O2S/c19-10-3-1-9(2-4-10)13-11(7-20)15(21)14-16(24)22-17(25)23-18(14)5-6-26-8-12(13)18/h1-4,12-14H,5-6,8,21H2,(H2,22,23,24,25)/t12-,13+,14-,18-/m1/s1. The highest BCUT2D eigenvalue weighted by Crippen LogP contribution is 2.54. The summed E-state index contributed by atoms with van der Waals surface area (Å²) in [5.74, 6) is 0.0189. The molecule has 2 saturated heterocycles. The van der Waals surface area contributed by atoms with Crippen molar-refractivity contribution in [2.24, 2.45) is 17.6 Å². The maximum atomic E-state index is 12.6. The lowest BCUT2D eigenvalue weighted by Gasteiger charge is -2.56. The van der Waals surface area contributed by atoms with Crippen LogP contribution < -0.4 is 16.4 Å². The van der Waals surface area contributed by atoms with Crippen LogP contribution in [-0.4, -0.2) is 29.0 Å². The Morgan fingerprint density at radius 3 is 2.73 bits per heavy atom. The molecule has 4 rings (SSSR count). The van der Waals surface area contributed by atoms with Gasteiger partial charge in [-0.15, -0.1) is 0 Å². The van der Waals surface area contributed by atoms with Gasteiger partial charge in [0.1, 0.15) is 5.92 Å². The first kappa shape index (κ1) is 17.3. The van der Waals surface area contributed by atoms with E-state index in [1.807, 2.05) is 12.1 Å². The summed E-state index contributed by atoms with van der Waals surface area (Å²) in [6, 6.07) is 9.07. The van der Waals surface area contributed by atoms with Gasteiger partial charge >= 0.3 is 6.03 Å². The molecule has 1 aromatic rings. The summed E-state index contributed by atoms with van der Waals surface area (Å²) in [5.41, 5.74) is 7.17. The molecule has 0 radical (unpaired) electrons. The van der Waals surface area contributed by atoms with Crippen molar-refractivity contribution in [3.63, 3.8) is 0 Å². The number of allylic oxidation sites excluding steroid dienone is 1. The molecule has 6 nitrogen and oxygen atoms in total. The zero-order chi connectivity index (χ0) is 18.5. The second kappa shape index (κ2) is 6.22. The highest BCUT2D eigenvalue weighted by molar-refractivity contribution is 7.99. The number of nitrogens with zero attached hydrogens (tertiary/aromatic N) is 1. The molecule has 4 atom stereocenters. The van der Waals surface area contributed by atoms with E-state index in [-0.39, 0.29) is 17.5 Å². The number of nitrogens with one attached hydrogen (secondary N) is 2. The van der Waals surface area contributed by atoms with Crippen molar-refractivity contribution in [2.45, 2.75) is 17.9 Å². The van der Waals surface area contributed by atoms with Gasteiger partial charge in [0.15, 0.2) is 0 Å². The van der Waals surface area contributed by atoms with E-state index in [0.29, 0.717) is 17.0 Å². The van der Waals surface area contributed by atoms with Gasteiger partial charge in [-0.05, 0) is 35.6 Å². The number of nitrogens with two attached hydrogens (primary N) is 1. The van der Waals surface area contributed by atoms with Crippen LogP contribution in [0.4, 0.5) is 4.79 Å². The number of benzene rings is 1. The number of carbonyl (C=O) groups excluding carboxylic acids is 2. The summed E-state index contributed by atoms with van der Waals surface area (Å²) < 4.78 is 0. The van der Waals surface area contributed by atoms with Gasteiger partial charge in [0, 0.05) is 22.6 Å². The van der Waals surface area contributed by atoms with E-state index < -0.39 is 23.4 Å². The molecule has 0 saturated carbocycles. The fourth-order valence-corrected chi connectivity index (χ4v) is 6.10. The topological polar surface area (TPSA) is 108 Å². The van der Waals surface area contributed by atoms with Crippen molar-refractivity contribution >= 4 is 35.3 Å². The number of hydrogen-bond donors (Lipinski definition) is 3. The molecule has 26 heavy (non-hydrogen) atoms. The van der Waals surface area contributed by atoms with Crippen LogP contribution in [-0.2, 0) is 4.79 Å². The summed E-state index contributed by atoms with van der Waals surface area (Å²) >= 11 is 7.79. The molecule has 0 unspecified atom stereocenters. The number of rotatable bonds is 1. The predicted octanol–water partition coefficient (Wildman–Crippen LogP) is 2.12. The third kappa shape index (κ3) is 2.40. The average molecular weight is 389 g/mol. The molecule has 3 amide bonds. The highest BCUT2D eigenvalue weighted by atomic mass is 35.5. The molecule has 0 aromatic heterocycles. The summed E-state index contributed by atoms with van der Waals surface area (Å²) in [5, 5.41) is 15.8. The Hall–Kier alpha value is -2.17. The Labute approximate surface area is 160 Å². The van der Waals surface area contributed by atoms with E-state index >= 15 is 0 Å². The smallest absolute Gasteiger partial charge is 0.321 e. The lowest BCUT2D eigenvalue weighted by atomic mass is 9.58. The first-order valence-electron chi connectivity index (χ1n) is 8.34. The van der Waals surface area contributed by atoms with Gasteiger partial charge in [0.2, 0.25) is 5.91 Å². The zero-order valence-electron chi connectivity index (χ0n) is 13.8. The number of urea groups is 1. The Bertz CT molecular complexity index is 863. The van der Waals surface area contributed by atoms with Crippen molar-refractivity contribution in [3.8, 4) is 6.07 Å². The lowest BCUT2D eigenvalue weighted by molar-refractivity contribution is -0.128. The Morgan fingerprint density at radius 2 is 2.04 bits per heavy atom. The molecule has 1 spiro atoms. The normalized spacial score (nSPS) is 33.5. The molecule has 2 fully saturated rings. The summed E-state index contributed by atoms with van der Waals surface area (Å²) in [4.78, 5) is 24.8. The fraction of sp³-hybridized carbons (Fsp3) is 0.389. The van der Waals surface area contributed by atoms with Crippen molar-refractivity contribution in [2.75, 3.05) is 11.5 Å². The van der Waals surface area contributed by atoms with E-state index in [0.717, 1.165) is 17.1 Å². The van der Waals surface area contributed by atoms with Crippen molar-refractivity contribution < 1.29 is 9.59 Å². The molecule has 134 valence electrons. The molecule has 2 aliphatic heterocycles. The number of halogens is 1. The van der Waals surface area contributed by atoms with Crippen LogP contribution in [0.15, 0.2) is 35.5 Å². The molecule has 0 bridgehead atoms. The maximum absolute atomic E-state index is 12.6. The van der Waals surface area contributed by atoms with Gasteiger partial charge in [-0.1, -0.05) is 23.7 Å². The minimum Gasteiger partial charge on any atom is -0.400 e. The fourth-order valence-electron chi connectivity index (χ4n) is 4.58. The minimum absolute atomic E-state index is 0.107. The van der Waals surface area contributed by atoms with E-state index in [9.17, 15) is 14.9 Å². The number of hydrogen-bond acceptors (Lipinski definition) is 5. The van der Waals surface area contributed by atoms with E-state index in [1.165, 1.54) is 0 Å². The first-order chi connectivity index (χ1) is 12.5. The van der Waals surface area contributed by atoms with Crippen molar-refractivity contribution in [1.29, 1.82) is 5.26 Å². The minimum atomic E-state index is -0.764. The van der Waals surface area contributed by atoms with Crippen molar-refractivity contribution in [3.05, 3.63) is 46.1 Å². The molecule has 1 aliphatic carbocycles. The second-order valence-electron chi connectivity index (χ2n) is 6.86. The summed E-state index contributed by atoms with van der Waals surface area (Å²) in [6.07, 6.45) is 0.635. The Kier molecular flexibility index (Phi) is 4.13. The van der Waals surface area contributed by atoms with Crippen LogP contribution in [0.1, 0.15) is 17.9 Å². The van der Waals surface area contributed by atoms with Gasteiger partial charge in [0.05, 0.1) is 17.2 Å². The maximum Gasteiger partial charge on any atom is 0.321 e. The van der Waals surface area contributed by atoms with Crippen LogP contribution >= 0.6 is 23.4 Å². The van der Waals surface area contributed by atoms with E-state index in [1.54, 1.807) is 23.9 Å². The van der Waals surface area contributed by atoms with Crippen LogP contribution in [0, 0.1) is 23.2 Å². The molecule has 1 aromatic carbocycles. The second-order valence-corrected chi connectivity index (χ2v) is 8.44. The molecular formula is C18H17ClN4O2S. The molecule has 2 heterocycles. The first-order valence-corrected chi connectivity index (χ1v) is 9.87. The van der Waals surface area contributed by atoms with Crippen LogP contribution in [0.25, 0.3) is 0 Å². The quantitative estimate of drug-likeness (QED) is 0.682. The number of nitriles is 1. The summed E-state index contributed by atoms with van der Waals surface area (Å²) in [7, 11) is 0. The lowest BCUT2D eigenvalue weighted by Crippen LogP contribution is -2.73. The third-order valence-corrected chi connectivity index (χ3v) is 7.00. The van der Waals surface area contributed by atoms with Crippen LogP contribution in [0.3, 0.4) is 0 Å². The molecule has 8 heteroatoms. The summed E-state index contributed by atoms with van der Waals surface area (Å²) in [6.45, 7) is 0. The molecular weight excluding hydrogens is 372 g/mol. The molecule has 3 aliphatic rings. The van der Waals surface area contributed by atoms with Crippen molar-refractivity contribution in [1.82, 2.24) is 10.6 Å². The van der Waals surface area contributed by atoms with Gasteiger partial charge in [-0.2, -0.15) is 17.0 Å². The SMILES string of the molecule is N#CC1=C(N)[C@@H]2C(=O)NC(=O)N[C@@]23CCSC[C@@H]3[C@H]1c1ccc(Cl)cc1. The van der Waals surface area contributed by atoms with Gasteiger partial charge in [0.25, 0.3) is 0 Å². The number of carbonyl (C=O) groups is 2. The van der Waals surface area contributed by atoms with Gasteiger partial charge < -0.3 is 11.1 Å². The Balaban J connectivity index is 1.94. The predicted molar refractivity (Wildman–Crippen MR) is 99.3 cm³/mol. The number of imide groups is 1. The van der Waals surface area contributed by atoms with Gasteiger partial charge in [-0.3, -0.25) is 10.1 Å². The zero-order valence-corrected chi connectivity index (χ0v) is 15.4. The Morgan fingerprint density at radius 1 is 1.31 bits per heavy atom. The van der Waals surface area contributed by atoms with Crippen LogP contribution in [0.2, 0.25) is 5.02 Å². The molecule has 4 N–H and O–H groups in total. The van der Waals surface area contributed by atoms with Gasteiger partial charge in [-0.25, -0.2) is 4.79 Å². The average Bonchev–Trinajstić information content (AvgIpc) is 2.60. The monoisotopic (exact) mass is 388 g/mol. The highest BCUT2D eigenvalue weighted by Gasteiger charge is 2.61. The van der Waals surface area contributed by atoms with E-state index in [4.69, 9.17) is 17.3 Å². The number of amides is 3. The largest absolute Gasteiger partial charge is 0.400 e. The van der Waals surface area contributed by atoms with E-state index in [2.05, 4.69) is 16.7 Å².